The number of rotatable bonds is 8. The summed E-state index contributed by atoms with van der Waals surface area (Å²) < 4.78 is 7.02. The Hall–Kier alpha value is -3.61. The first kappa shape index (κ1) is 20.1. The summed E-state index contributed by atoms with van der Waals surface area (Å²) in [7, 11) is 0. The van der Waals surface area contributed by atoms with Crippen molar-refractivity contribution < 1.29 is 14.3 Å². The molecule has 0 aliphatic heterocycles. The third kappa shape index (κ3) is 5.44. The Labute approximate surface area is 169 Å². The lowest BCUT2D eigenvalue weighted by atomic mass is 10.1. The first-order valence-electron chi connectivity index (χ1n) is 9.42. The van der Waals surface area contributed by atoms with Crippen LogP contribution < -0.4 is 10.6 Å². The molecular formula is C22H24N4O3. The fourth-order valence-electron chi connectivity index (χ4n) is 2.86. The van der Waals surface area contributed by atoms with Gasteiger partial charge in [-0.1, -0.05) is 30.3 Å². The van der Waals surface area contributed by atoms with Crippen LogP contribution in [0, 0.1) is 6.92 Å². The highest BCUT2D eigenvalue weighted by atomic mass is 16.5. The van der Waals surface area contributed by atoms with E-state index in [0.29, 0.717) is 5.56 Å². The van der Waals surface area contributed by atoms with Gasteiger partial charge in [0.05, 0.1) is 25.2 Å². The van der Waals surface area contributed by atoms with E-state index in [1.807, 2.05) is 60.2 Å². The average molecular weight is 392 g/mol. The van der Waals surface area contributed by atoms with E-state index in [1.54, 1.807) is 25.4 Å². The van der Waals surface area contributed by atoms with Crippen LogP contribution in [0.2, 0.25) is 0 Å². The predicted octanol–water partition coefficient (Wildman–Crippen LogP) is 3.01. The first-order chi connectivity index (χ1) is 14.1. The van der Waals surface area contributed by atoms with Crippen LogP contribution in [0.5, 0.6) is 0 Å². The minimum Gasteiger partial charge on any atom is -0.464 e. The molecule has 1 aromatic heterocycles. The largest absolute Gasteiger partial charge is 0.464 e. The lowest BCUT2D eigenvalue weighted by Gasteiger charge is -2.18. The smallest absolute Gasteiger partial charge is 0.333 e. The second kappa shape index (κ2) is 9.54. The standard InChI is InChI=1S/C22H24N4O3/c1-3-29-22(28)21(17-7-5-4-6-8-17)25-20(27)13-23-18-9-11-19(12-10-18)26-14-16(2)24-15-26/h4-12,14-15,21,23H,3,13H2,1-2H3,(H,25,27). The zero-order chi connectivity index (χ0) is 20.6. The lowest BCUT2D eigenvalue weighted by Crippen LogP contribution is -2.38. The third-order valence-electron chi connectivity index (χ3n) is 4.29. The quantitative estimate of drug-likeness (QED) is 0.576. The fourth-order valence-corrected chi connectivity index (χ4v) is 2.86. The molecule has 0 saturated heterocycles. The molecule has 7 nitrogen and oxygen atoms in total. The van der Waals surface area contributed by atoms with Crippen LogP contribution in [-0.2, 0) is 14.3 Å². The summed E-state index contributed by atoms with van der Waals surface area (Å²) in [5, 5.41) is 5.81. The number of hydrogen-bond donors (Lipinski definition) is 2. The normalized spacial score (nSPS) is 11.5. The summed E-state index contributed by atoms with van der Waals surface area (Å²) in [6.07, 6.45) is 3.69. The van der Waals surface area contributed by atoms with Gasteiger partial charge in [0.25, 0.3) is 0 Å². The van der Waals surface area contributed by atoms with Crippen molar-refractivity contribution in [2.75, 3.05) is 18.5 Å². The maximum atomic E-state index is 12.4. The highest BCUT2D eigenvalue weighted by Crippen LogP contribution is 2.16. The molecule has 150 valence electrons. The molecule has 1 atom stereocenters. The Morgan fingerprint density at radius 3 is 2.45 bits per heavy atom. The Morgan fingerprint density at radius 2 is 1.83 bits per heavy atom. The second-order valence-electron chi connectivity index (χ2n) is 6.49. The Bertz CT molecular complexity index is 952. The molecular weight excluding hydrogens is 368 g/mol. The molecule has 0 aliphatic carbocycles. The van der Waals surface area contributed by atoms with Gasteiger partial charge in [0.15, 0.2) is 6.04 Å². The molecule has 2 N–H and O–H groups in total. The molecule has 1 heterocycles. The maximum absolute atomic E-state index is 12.4. The highest BCUT2D eigenvalue weighted by Gasteiger charge is 2.23. The Kier molecular flexibility index (Phi) is 6.63. The third-order valence-corrected chi connectivity index (χ3v) is 4.29. The highest BCUT2D eigenvalue weighted by molar-refractivity contribution is 5.87. The van der Waals surface area contributed by atoms with Crippen molar-refractivity contribution in [3.8, 4) is 5.69 Å². The molecule has 0 bridgehead atoms. The van der Waals surface area contributed by atoms with Crippen LogP contribution in [-0.4, -0.2) is 34.6 Å². The van der Waals surface area contributed by atoms with Crippen LogP contribution in [0.1, 0.15) is 24.2 Å². The van der Waals surface area contributed by atoms with E-state index in [0.717, 1.165) is 17.1 Å². The number of ether oxygens (including phenoxy) is 1. The minimum absolute atomic E-state index is 0.0340. The lowest BCUT2D eigenvalue weighted by molar-refractivity contribution is -0.147. The van der Waals surface area contributed by atoms with E-state index in [9.17, 15) is 9.59 Å². The van der Waals surface area contributed by atoms with E-state index in [1.165, 1.54) is 0 Å². The Balaban J connectivity index is 1.59. The number of anilines is 1. The molecule has 0 spiro atoms. The van der Waals surface area contributed by atoms with Gasteiger partial charge in [-0.25, -0.2) is 9.78 Å². The number of carbonyl (C=O) groups is 2. The molecule has 0 saturated carbocycles. The van der Waals surface area contributed by atoms with Crippen molar-refractivity contribution in [2.24, 2.45) is 0 Å². The Morgan fingerprint density at radius 1 is 1.10 bits per heavy atom. The van der Waals surface area contributed by atoms with Gasteiger partial charge < -0.3 is 19.9 Å². The van der Waals surface area contributed by atoms with E-state index in [2.05, 4.69) is 15.6 Å². The average Bonchev–Trinajstić information content (AvgIpc) is 3.18. The number of aromatic nitrogens is 2. The summed E-state index contributed by atoms with van der Waals surface area (Å²) in [5.74, 6) is -0.784. The molecule has 1 amide bonds. The molecule has 3 aromatic rings. The van der Waals surface area contributed by atoms with Crippen LogP contribution in [0.15, 0.2) is 67.1 Å². The van der Waals surface area contributed by atoms with Gasteiger partial charge in [-0.3, -0.25) is 4.79 Å². The molecule has 7 heteroatoms. The van der Waals surface area contributed by atoms with Crippen molar-refractivity contribution >= 4 is 17.6 Å². The number of hydrogen-bond acceptors (Lipinski definition) is 5. The maximum Gasteiger partial charge on any atom is 0.333 e. The van der Waals surface area contributed by atoms with Crippen molar-refractivity contribution in [3.63, 3.8) is 0 Å². The molecule has 0 radical (unpaired) electrons. The van der Waals surface area contributed by atoms with Crippen molar-refractivity contribution in [1.29, 1.82) is 0 Å². The molecule has 29 heavy (non-hydrogen) atoms. The van der Waals surface area contributed by atoms with Gasteiger partial charge in [0.2, 0.25) is 5.91 Å². The van der Waals surface area contributed by atoms with Crippen LogP contribution in [0.3, 0.4) is 0 Å². The number of amides is 1. The van der Waals surface area contributed by atoms with Crippen LogP contribution in [0.25, 0.3) is 5.69 Å². The molecule has 3 rings (SSSR count). The van der Waals surface area contributed by atoms with Gasteiger partial charge in [-0.05, 0) is 43.7 Å². The van der Waals surface area contributed by atoms with Gasteiger partial charge >= 0.3 is 5.97 Å². The van der Waals surface area contributed by atoms with E-state index < -0.39 is 12.0 Å². The summed E-state index contributed by atoms with van der Waals surface area (Å²) >= 11 is 0. The van der Waals surface area contributed by atoms with Gasteiger partial charge in [-0.15, -0.1) is 0 Å². The number of aryl methyl sites for hydroxylation is 1. The number of carbonyl (C=O) groups excluding carboxylic acids is 2. The minimum atomic E-state index is -0.836. The topological polar surface area (TPSA) is 85.2 Å². The molecule has 1 unspecified atom stereocenters. The monoisotopic (exact) mass is 392 g/mol. The fraction of sp³-hybridized carbons (Fsp3) is 0.227. The number of nitrogens with one attached hydrogen (secondary N) is 2. The zero-order valence-electron chi connectivity index (χ0n) is 16.5. The van der Waals surface area contributed by atoms with Crippen molar-refractivity contribution in [1.82, 2.24) is 14.9 Å². The van der Waals surface area contributed by atoms with Gasteiger partial charge in [0, 0.05) is 17.6 Å². The van der Waals surface area contributed by atoms with E-state index in [-0.39, 0.29) is 19.1 Å². The van der Waals surface area contributed by atoms with Crippen LogP contribution >= 0.6 is 0 Å². The number of esters is 1. The van der Waals surface area contributed by atoms with Crippen LogP contribution in [0.4, 0.5) is 5.69 Å². The summed E-state index contributed by atoms with van der Waals surface area (Å²) in [6, 6.07) is 15.9. The predicted molar refractivity (Wildman–Crippen MR) is 111 cm³/mol. The summed E-state index contributed by atoms with van der Waals surface area (Å²) in [5.41, 5.74) is 3.40. The molecule has 0 aliphatic rings. The zero-order valence-corrected chi connectivity index (χ0v) is 16.5. The van der Waals surface area contributed by atoms with Crippen molar-refractivity contribution in [3.05, 3.63) is 78.4 Å². The van der Waals surface area contributed by atoms with Crippen molar-refractivity contribution in [2.45, 2.75) is 19.9 Å². The summed E-state index contributed by atoms with van der Waals surface area (Å²) in [4.78, 5) is 28.9. The SMILES string of the molecule is CCOC(=O)C(NC(=O)CNc1ccc(-n2cnc(C)c2)cc1)c1ccccc1. The number of nitrogens with zero attached hydrogens (tertiary/aromatic N) is 2. The molecule has 2 aromatic carbocycles. The van der Waals surface area contributed by atoms with E-state index in [4.69, 9.17) is 4.74 Å². The second-order valence-corrected chi connectivity index (χ2v) is 6.49. The number of benzene rings is 2. The van der Waals surface area contributed by atoms with E-state index >= 15 is 0 Å². The summed E-state index contributed by atoms with van der Waals surface area (Å²) in [6.45, 7) is 3.95. The first-order valence-corrected chi connectivity index (χ1v) is 9.42. The van der Waals surface area contributed by atoms with Gasteiger partial charge in [-0.2, -0.15) is 0 Å². The van der Waals surface area contributed by atoms with Gasteiger partial charge in [0.1, 0.15) is 0 Å². The molecule has 0 fully saturated rings. The number of imidazole rings is 1.